The largest absolute Gasteiger partial charge is 0.375 e. The number of aryl methyl sites for hydroxylation is 3. The van der Waals surface area contributed by atoms with Gasteiger partial charge in [0.2, 0.25) is 5.91 Å². The van der Waals surface area contributed by atoms with Gasteiger partial charge in [-0.1, -0.05) is 31.2 Å². The van der Waals surface area contributed by atoms with Gasteiger partial charge in [-0.05, 0) is 65.0 Å². The fraction of sp³-hybridized carbons (Fsp3) is 0.278. The molecular weight excluding hydrogens is 340 g/mol. The van der Waals surface area contributed by atoms with E-state index in [4.69, 9.17) is 0 Å². The van der Waals surface area contributed by atoms with Crippen LogP contribution in [0.3, 0.4) is 0 Å². The lowest BCUT2D eigenvalue weighted by Gasteiger charge is -2.14. The van der Waals surface area contributed by atoms with Gasteiger partial charge in [-0.25, -0.2) is 0 Å². The van der Waals surface area contributed by atoms with Crippen LogP contribution in [0.4, 0.5) is 11.4 Å². The number of carbonyl (C=O) groups excluding carboxylic acids is 1. The number of nitrogens with one attached hydrogen (secondary N) is 2. The molecule has 0 unspecified atom stereocenters. The smallest absolute Gasteiger partial charge is 0.243 e. The molecule has 1 amide bonds. The molecule has 116 valence electrons. The van der Waals surface area contributed by atoms with Gasteiger partial charge in [-0.3, -0.25) is 4.79 Å². The summed E-state index contributed by atoms with van der Waals surface area (Å²) in [5, 5.41) is 6.17. The summed E-state index contributed by atoms with van der Waals surface area (Å²) in [6.07, 6.45) is 0.897. The lowest BCUT2D eigenvalue weighted by atomic mass is 10.1. The number of amides is 1. The van der Waals surface area contributed by atoms with Crippen LogP contribution in [0.15, 0.2) is 40.9 Å². The Hall–Kier alpha value is -1.81. The molecule has 2 rings (SSSR count). The van der Waals surface area contributed by atoms with Crippen molar-refractivity contribution in [2.75, 3.05) is 17.2 Å². The monoisotopic (exact) mass is 360 g/mol. The summed E-state index contributed by atoms with van der Waals surface area (Å²) in [5.41, 5.74) is 5.27. The standard InChI is InChI=1S/C18H21BrN2O/c1-4-14-7-5-6-13(3)18(14)21-17(22)11-20-16-9-8-12(2)10-15(16)19/h5-10,20H,4,11H2,1-3H3,(H,21,22). The summed E-state index contributed by atoms with van der Waals surface area (Å²) in [7, 11) is 0. The Balaban J connectivity index is 2.02. The summed E-state index contributed by atoms with van der Waals surface area (Å²) in [6.45, 7) is 6.37. The number of carbonyl (C=O) groups is 1. The van der Waals surface area contributed by atoms with Crippen molar-refractivity contribution in [2.24, 2.45) is 0 Å². The molecule has 3 nitrogen and oxygen atoms in total. The highest BCUT2D eigenvalue weighted by Crippen LogP contribution is 2.24. The molecular formula is C18H21BrN2O. The van der Waals surface area contributed by atoms with Gasteiger partial charge < -0.3 is 10.6 Å². The van der Waals surface area contributed by atoms with Gasteiger partial charge >= 0.3 is 0 Å². The molecule has 2 N–H and O–H groups in total. The van der Waals surface area contributed by atoms with Crippen molar-refractivity contribution < 1.29 is 4.79 Å². The van der Waals surface area contributed by atoms with E-state index < -0.39 is 0 Å². The molecule has 2 aromatic carbocycles. The molecule has 0 atom stereocenters. The maximum Gasteiger partial charge on any atom is 0.243 e. The van der Waals surface area contributed by atoms with Crippen molar-refractivity contribution >= 4 is 33.2 Å². The molecule has 0 saturated carbocycles. The van der Waals surface area contributed by atoms with Crippen molar-refractivity contribution in [3.05, 3.63) is 57.6 Å². The molecule has 2 aromatic rings. The predicted molar refractivity (Wildman–Crippen MR) is 96.6 cm³/mol. The Morgan fingerprint density at radius 2 is 1.95 bits per heavy atom. The third kappa shape index (κ3) is 4.10. The van der Waals surface area contributed by atoms with Crippen LogP contribution in [0, 0.1) is 13.8 Å². The molecule has 0 aliphatic carbocycles. The molecule has 22 heavy (non-hydrogen) atoms. The minimum absolute atomic E-state index is 0.0449. The molecule has 0 bridgehead atoms. The fourth-order valence-corrected chi connectivity index (χ4v) is 2.96. The summed E-state index contributed by atoms with van der Waals surface area (Å²) in [5.74, 6) is -0.0449. The van der Waals surface area contributed by atoms with Crippen molar-refractivity contribution in [3.63, 3.8) is 0 Å². The number of hydrogen-bond donors (Lipinski definition) is 2. The SMILES string of the molecule is CCc1cccc(C)c1NC(=O)CNc1ccc(C)cc1Br. The zero-order valence-electron chi connectivity index (χ0n) is 13.2. The highest BCUT2D eigenvalue weighted by Gasteiger charge is 2.09. The number of para-hydroxylation sites is 1. The molecule has 0 aromatic heterocycles. The first-order chi connectivity index (χ1) is 10.5. The second-order valence-electron chi connectivity index (χ2n) is 5.35. The molecule has 0 saturated heterocycles. The van der Waals surface area contributed by atoms with Crippen molar-refractivity contribution in [1.82, 2.24) is 0 Å². The quantitative estimate of drug-likeness (QED) is 0.812. The van der Waals surface area contributed by atoms with Crippen LogP contribution in [0.25, 0.3) is 0 Å². The van der Waals surface area contributed by atoms with E-state index in [1.807, 2.05) is 50.2 Å². The minimum Gasteiger partial charge on any atom is -0.375 e. The zero-order chi connectivity index (χ0) is 16.1. The van der Waals surface area contributed by atoms with Gasteiger partial charge in [-0.2, -0.15) is 0 Å². The third-order valence-corrected chi connectivity index (χ3v) is 4.22. The van der Waals surface area contributed by atoms with Gasteiger partial charge in [0.15, 0.2) is 0 Å². The minimum atomic E-state index is -0.0449. The molecule has 4 heteroatoms. The Morgan fingerprint density at radius 3 is 2.64 bits per heavy atom. The van der Waals surface area contributed by atoms with Crippen LogP contribution in [-0.2, 0) is 11.2 Å². The normalized spacial score (nSPS) is 10.4. The molecule has 0 radical (unpaired) electrons. The maximum absolute atomic E-state index is 12.2. The molecule has 0 aliphatic rings. The highest BCUT2D eigenvalue weighted by molar-refractivity contribution is 9.10. The predicted octanol–water partition coefficient (Wildman–Crippen LogP) is 4.68. The van der Waals surface area contributed by atoms with Crippen LogP contribution in [0.1, 0.15) is 23.6 Å². The maximum atomic E-state index is 12.2. The first-order valence-electron chi connectivity index (χ1n) is 7.39. The van der Waals surface area contributed by atoms with Gasteiger partial charge in [0.1, 0.15) is 0 Å². The number of hydrogen-bond acceptors (Lipinski definition) is 2. The summed E-state index contributed by atoms with van der Waals surface area (Å²) in [6, 6.07) is 12.1. The Labute approximate surface area is 140 Å². The lowest BCUT2D eigenvalue weighted by Crippen LogP contribution is -2.23. The van der Waals surface area contributed by atoms with Gasteiger partial charge in [0, 0.05) is 15.8 Å². The van der Waals surface area contributed by atoms with Gasteiger partial charge in [-0.15, -0.1) is 0 Å². The first-order valence-corrected chi connectivity index (χ1v) is 8.19. The van der Waals surface area contributed by atoms with Crippen molar-refractivity contribution in [1.29, 1.82) is 0 Å². The Kier molecular flexibility index (Phi) is 5.61. The Bertz CT molecular complexity index is 683. The number of halogens is 1. The number of rotatable bonds is 5. The van der Waals surface area contributed by atoms with Crippen molar-refractivity contribution in [3.8, 4) is 0 Å². The van der Waals surface area contributed by atoms with Crippen LogP contribution < -0.4 is 10.6 Å². The molecule has 0 heterocycles. The van der Waals surface area contributed by atoms with E-state index in [9.17, 15) is 4.79 Å². The highest BCUT2D eigenvalue weighted by atomic mass is 79.9. The van der Waals surface area contributed by atoms with E-state index in [2.05, 4.69) is 33.5 Å². The number of benzene rings is 2. The molecule has 0 spiro atoms. The summed E-state index contributed by atoms with van der Waals surface area (Å²) >= 11 is 3.50. The summed E-state index contributed by atoms with van der Waals surface area (Å²) in [4.78, 5) is 12.2. The van der Waals surface area contributed by atoms with E-state index in [1.165, 1.54) is 5.56 Å². The van der Waals surface area contributed by atoms with Crippen molar-refractivity contribution in [2.45, 2.75) is 27.2 Å². The van der Waals surface area contributed by atoms with E-state index in [0.717, 1.165) is 33.4 Å². The van der Waals surface area contributed by atoms with E-state index in [0.29, 0.717) is 0 Å². The van der Waals surface area contributed by atoms with Gasteiger partial charge in [0.25, 0.3) is 0 Å². The third-order valence-electron chi connectivity index (χ3n) is 3.57. The van der Waals surface area contributed by atoms with E-state index in [1.54, 1.807) is 0 Å². The van der Waals surface area contributed by atoms with E-state index in [-0.39, 0.29) is 12.5 Å². The summed E-state index contributed by atoms with van der Waals surface area (Å²) < 4.78 is 0.963. The molecule has 0 aliphatic heterocycles. The van der Waals surface area contributed by atoms with E-state index >= 15 is 0 Å². The second-order valence-corrected chi connectivity index (χ2v) is 6.20. The fourth-order valence-electron chi connectivity index (χ4n) is 2.32. The van der Waals surface area contributed by atoms with Crippen LogP contribution in [0.2, 0.25) is 0 Å². The van der Waals surface area contributed by atoms with Crippen LogP contribution in [-0.4, -0.2) is 12.5 Å². The lowest BCUT2D eigenvalue weighted by molar-refractivity contribution is -0.114. The average Bonchev–Trinajstić information content (AvgIpc) is 2.48. The van der Waals surface area contributed by atoms with Crippen LogP contribution in [0.5, 0.6) is 0 Å². The Morgan fingerprint density at radius 1 is 1.18 bits per heavy atom. The zero-order valence-corrected chi connectivity index (χ0v) is 14.8. The number of anilines is 2. The molecule has 0 fully saturated rings. The first kappa shape index (κ1) is 16.6. The second kappa shape index (κ2) is 7.45. The average molecular weight is 361 g/mol. The van der Waals surface area contributed by atoms with Crippen LogP contribution >= 0.6 is 15.9 Å². The van der Waals surface area contributed by atoms with Gasteiger partial charge in [0.05, 0.1) is 6.54 Å². The topological polar surface area (TPSA) is 41.1 Å².